The molecule has 0 aliphatic carbocycles. The second-order valence-corrected chi connectivity index (χ2v) is 9.36. The van der Waals surface area contributed by atoms with Gasteiger partial charge in [0, 0.05) is 33.2 Å². The maximum absolute atomic E-state index is 13.4. The first-order valence-corrected chi connectivity index (χ1v) is 11.6. The lowest BCUT2D eigenvalue weighted by molar-refractivity contribution is -0.141. The van der Waals surface area contributed by atoms with Gasteiger partial charge in [0.2, 0.25) is 11.8 Å². The summed E-state index contributed by atoms with van der Waals surface area (Å²) in [4.78, 5) is 27.9. The van der Waals surface area contributed by atoms with Gasteiger partial charge in [0.1, 0.15) is 6.04 Å². The Balaban J connectivity index is 2.37. The van der Waals surface area contributed by atoms with Crippen molar-refractivity contribution in [1.29, 1.82) is 0 Å². The van der Waals surface area contributed by atoms with Crippen LogP contribution in [0.1, 0.15) is 38.3 Å². The molecule has 168 valence electrons. The summed E-state index contributed by atoms with van der Waals surface area (Å²) in [6.45, 7) is 6.57. The Morgan fingerprint density at radius 3 is 2.19 bits per heavy atom. The lowest BCUT2D eigenvalue weighted by atomic mass is 10.1. The molecule has 0 spiro atoms. The molecule has 0 radical (unpaired) electrons. The van der Waals surface area contributed by atoms with Crippen molar-refractivity contribution < 1.29 is 9.59 Å². The molecule has 2 aromatic rings. The molecule has 2 rings (SSSR count). The molecule has 2 aromatic carbocycles. The Bertz CT molecular complexity index is 914. The van der Waals surface area contributed by atoms with Crippen molar-refractivity contribution in [2.24, 2.45) is 5.92 Å². The fraction of sp³-hybridized carbons (Fsp3) is 0.391. The summed E-state index contributed by atoms with van der Waals surface area (Å²) < 4.78 is 0. The first-order valence-electron chi connectivity index (χ1n) is 10.1. The maximum Gasteiger partial charge on any atom is 0.242 e. The number of nitrogens with zero attached hydrogens (tertiary/aromatic N) is 1. The molecule has 1 atom stereocenters. The van der Waals surface area contributed by atoms with Crippen LogP contribution in [0, 0.1) is 5.92 Å². The molecule has 0 heterocycles. The zero-order chi connectivity index (χ0) is 23.1. The number of amides is 2. The summed E-state index contributed by atoms with van der Waals surface area (Å²) in [5.74, 6) is -0.189. The molecule has 0 aliphatic heterocycles. The normalized spacial score (nSPS) is 12.0. The Hall–Kier alpha value is -1.46. The number of carbonyl (C=O) groups is 2. The van der Waals surface area contributed by atoms with Crippen LogP contribution >= 0.6 is 46.4 Å². The van der Waals surface area contributed by atoms with E-state index in [1.807, 2.05) is 20.8 Å². The van der Waals surface area contributed by atoms with Crippen LogP contribution in [0.2, 0.25) is 20.1 Å². The Morgan fingerprint density at radius 1 is 1.00 bits per heavy atom. The third kappa shape index (κ3) is 7.28. The molecule has 0 aliphatic rings. The maximum atomic E-state index is 13.4. The molecular weight excluding hydrogens is 478 g/mol. The summed E-state index contributed by atoms with van der Waals surface area (Å²) in [6, 6.07) is 9.50. The largest absolute Gasteiger partial charge is 0.354 e. The van der Waals surface area contributed by atoms with Crippen molar-refractivity contribution in [3.8, 4) is 0 Å². The van der Waals surface area contributed by atoms with Crippen molar-refractivity contribution in [3.63, 3.8) is 0 Å². The molecule has 4 nitrogen and oxygen atoms in total. The van der Waals surface area contributed by atoms with E-state index in [0.717, 1.165) is 0 Å². The van der Waals surface area contributed by atoms with Gasteiger partial charge in [-0.25, -0.2) is 0 Å². The fourth-order valence-electron chi connectivity index (χ4n) is 3.13. The lowest BCUT2D eigenvalue weighted by Crippen LogP contribution is -2.50. The molecule has 8 heteroatoms. The smallest absolute Gasteiger partial charge is 0.242 e. The van der Waals surface area contributed by atoms with E-state index in [2.05, 4.69) is 5.32 Å². The molecule has 2 amide bonds. The second-order valence-electron chi connectivity index (χ2n) is 7.70. The fourth-order valence-corrected chi connectivity index (χ4v) is 4.13. The molecule has 0 unspecified atom stereocenters. The molecule has 0 fully saturated rings. The third-order valence-corrected chi connectivity index (χ3v) is 6.11. The highest BCUT2D eigenvalue weighted by Crippen LogP contribution is 2.27. The Kier molecular flexibility index (Phi) is 9.95. The van der Waals surface area contributed by atoms with E-state index in [1.165, 1.54) is 4.90 Å². The van der Waals surface area contributed by atoms with Crippen LogP contribution in [0.4, 0.5) is 0 Å². The Morgan fingerprint density at radius 2 is 1.65 bits per heavy atom. The van der Waals surface area contributed by atoms with Crippen LogP contribution in [-0.2, 0) is 22.6 Å². The van der Waals surface area contributed by atoms with Crippen LogP contribution in [0.5, 0.6) is 0 Å². The van der Waals surface area contributed by atoms with Gasteiger partial charge in [-0.2, -0.15) is 0 Å². The first kappa shape index (κ1) is 25.8. The van der Waals surface area contributed by atoms with Crippen molar-refractivity contribution in [2.75, 3.05) is 6.54 Å². The number of halogens is 4. The van der Waals surface area contributed by atoms with Crippen molar-refractivity contribution in [2.45, 2.75) is 46.2 Å². The molecule has 0 bridgehead atoms. The van der Waals surface area contributed by atoms with Crippen LogP contribution in [0.15, 0.2) is 36.4 Å². The minimum absolute atomic E-state index is 0.0301. The zero-order valence-electron chi connectivity index (χ0n) is 17.7. The number of rotatable bonds is 9. The summed E-state index contributed by atoms with van der Waals surface area (Å²) in [6.07, 6.45) is 0.412. The molecule has 0 saturated carbocycles. The minimum Gasteiger partial charge on any atom is -0.354 e. The van der Waals surface area contributed by atoms with E-state index >= 15 is 0 Å². The van der Waals surface area contributed by atoms with Gasteiger partial charge in [0.05, 0.1) is 6.42 Å². The van der Waals surface area contributed by atoms with Gasteiger partial charge >= 0.3 is 0 Å². The summed E-state index contributed by atoms with van der Waals surface area (Å²) in [5, 5.41) is 4.66. The summed E-state index contributed by atoms with van der Waals surface area (Å²) >= 11 is 24.9. The van der Waals surface area contributed by atoms with Gasteiger partial charge in [-0.05, 0) is 47.7 Å². The minimum atomic E-state index is -0.667. The van der Waals surface area contributed by atoms with Gasteiger partial charge in [-0.3, -0.25) is 9.59 Å². The monoisotopic (exact) mass is 502 g/mol. The van der Waals surface area contributed by atoms with Gasteiger partial charge in [-0.15, -0.1) is 0 Å². The van der Waals surface area contributed by atoms with Crippen molar-refractivity contribution in [1.82, 2.24) is 10.2 Å². The summed E-state index contributed by atoms with van der Waals surface area (Å²) in [5.41, 5.74) is 1.22. The number of hydrogen-bond donors (Lipinski definition) is 1. The van der Waals surface area contributed by atoms with E-state index in [4.69, 9.17) is 46.4 Å². The lowest BCUT2D eigenvalue weighted by Gasteiger charge is -2.31. The van der Waals surface area contributed by atoms with E-state index in [0.29, 0.717) is 50.1 Å². The van der Waals surface area contributed by atoms with Gasteiger partial charge in [0.15, 0.2) is 0 Å². The summed E-state index contributed by atoms with van der Waals surface area (Å²) in [7, 11) is 0. The predicted molar refractivity (Wildman–Crippen MR) is 129 cm³/mol. The van der Waals surface area contributed by atoms with Crippen LogP contribution in [-0.4, -0.2) is 29.3 Å². The highest BCUT2D eigenvalue weighted by atomic mass is 35.5. The van der Waals surface area contributed by atoms with Crippen molar-refractivity contribution in [3.05, 3.63) is 67.6 Å². The number of carbonyl (C=O) groups excluding carboxylic acids is 2. The van der Waals surface area contributed by atoms with Crippen LogP contribution in [0.3, 0.4) is 0 Å². The van der Waals surface area contributed by atoms with E-state index in [1.54, 1.807) is 36.4 Å². The van der Waals surface area contributed by atoms with E-state index in [9.17, 15) is 9.59 Å². The van der Waals surface area contributed by atoms with E-state index < -0.39 is 6.04 Å². The Labute approximate surface area is 203 Å². The molecule has 0 saturated heterocycles. The molecular formula is C23H26Cl4N2O2. The van der Waals surface area contributed by atoms with Gasteiger partial charge < -0.3 is 10.2 Å². The van der Waals surface area contributed by atoms with Gasteiger partial charge in [0.25, 0.3) is 0 Å². The van der Waals surface area contributed by atoms with Crippen LogP contribution in [0.25, 0.3) is 0 Å². The number of nitrogens with one attached hydrogen (secondary N) is 1. The highest BCUT2D eigenvalue weighted by molar-refractivity contribution is 6.36. The average Bonchev–Trinajstić information content (AvgIpc) is 2.70. The molecule has 1 N–H and O–H groups in total. The standard InChI is InChI=1S/C23H26Cl4N2O2/c1-4-21(23(31)28-12-14(2)3)29(13-15-8-9-16(24)10-20(15)27)22(30)11-17-18(25)6-5-7-19(17)26/h5-10,14,21H,4,11-13H2,1-3H3,(H,28,31)/t21-/m1/s1. The molecule has 31 heavy (non-hydrogen) atoms. The van der Waals surface area contributed by atoms with Crippen molar-refractivity contribution >= 4 is 58.2 Å². The van der Waals surface area contributed by atoms with Gasteiger partial charge in [-0.1, -0.05) is 79.3 Å². The van der Waals surface area contributed by atoms with E-state index in [-0.39, 0.29) is 24.8 Å². The quantitative estimate of drug-likeness (QED) is 0.429. The zero-order valence-corrected chi connectivity index (χ0v) is 20.7. The average molecular weight is 504 g/mol. The first-order chi connectivity index (χ1) is 14.6. The SMILES string of the molecule is CC[C@H](C(=O)NCC(C)C)N(Cc1ccc(Cl)cc1Cl)C(=O)Cc1c(Cl)cccc1Cl. The predicted octanol–water partition coefficient (Wildman–Crippen LogP) is 6.42. The number of benzene rings is 2. The molecule has 0 aromatic heterocycles. The third-order valence-electron chi connectivity index (χ3n) is 4.82. The second kappa shape index (κ2) is 12.0. The highest BCUT2D eigenvalue weighted by Gasteiger charge is 2.30. The topological polar surface area (TPSA) is 49.4 Å². The number of hydrogen-bond acceptors (Lipinski definition) is 2. The van der Waals surface area contributed by atoms with Crippen LogP contribution < -0.4 is 5.32 Å².